The number of hydrogen-bond acceptors (Lipinski definition) is 6. The van der Waals surface area contributed by atoms with Crippen LogP contribution in [0.5, 0.6) is 0 Å². The molecule has 200 valence electrons. The van der Waals surface area contributed by atoms with Crippen LogP contribution in [-0.4, -0.2) is 40.7 Å². The average Bonchev–Trinajstić information content (AvgIpc) is 3.01. The van der Waals surface area contributed by atoms with Crippen LogP contribution < -0.4 is 5.73 Å². The molecule has 2 heterocycles. The zero-order chi connectivity index (χ0) is 27.1. The number of benzene rings is 3. The second-order valence-electron chi connectivity index (χ2n) is 10.2. The van der Waals surface area contributed by atoms with E-state index in [1.165, 1.54) is 5.56 Å². The molecule has 1 saturated heterocycles. The predicted molar refractivity (Wildman–Crippen MR) is 152 cm³/mol. The molecule has 0 bridgehead atoms. The van der Waals surface area contributed by atoms with Gasteiger partial charge in [0.25, 0.3) is 0 Å². The number of aromatic nitrogens is 1. The van der Waals surface area contributed by atoms with Crippen LogP contribution in [0.2, 0.25) is 0 Å². The molecule has 1 fully saturated rings. The molecule has 5 rings (SSSR count). The van der Waals surface area contributed by atoms with Gasteiger partial charge in [0.15, 0.2) is 0 Å². The summed E-state index contributed by atoms with van der Waals surface area (Å²) < 4.78 is 5.82. The van der Waals surface area contributed by atoms with Crippen molar-refractivity contribution in [2.45, 2.75) is 31.5 Å². The van der Waals surface area contributed by atoms with Crippen molar-refractivity contribution >= 4 is 5.97 Å². The van der Waals surface area contributed by atoms with Gasteiger partial charge in [-0.3, -0.25) is 9.88 Å². The van der Waals surface area contributed by atoms with Gasteiger partial charge >= 0.3 is 5.97 Å². The van der Waals surface area contributed by atoms with E-state index < -0.39 is 11.6 Å². The third-order valence-corrected chi connectivity index (χ3v) is 7.56. The fourth-order valence-corrected chi connectivity index (χ4v) is 5.15. The van der Waals surface area contributed by atoms with Crippen molar-refractivity contribution < 1.29 is 14.6 Å². The minimum Gasteiger partial charge on any atom is -0.463 e. The maximum absolute atomic E-state index is 13.5. The standard InChI is InChI=1S/C33H35N3O3/c34-21-31-16-13-28(22-35-31)27-11-14-30(15-12-27)33(38,29-9-5-2-6-10-29)32(37)39-24-26-17-19-36(20-18-26)23-25-7-3-1-4-8-25/h1-16,22,26,38H,17-21,23-24,34H2/t33-/m0/s1. The third kappa shape index (κ3) is 6.25. The molecule has 0 aliphatic carbocycles. The van der Waals surface area contributed by atoms with Crippen molar-refractivity contribution in [2.75, 3.05) is 19.7 Å². The Morgan fingerprint density at radius 1 is 0.872 bits per heavy atom. The predicted octanol–water partition coefficient (Wildman–Crippen LogP) is 4.90. The van der Waals surface area contributed by atoms with Crippen molar-refractivity contribution in [3.05, 3.63) is 126 Å². The largest absolute Gasteiger partial charge is 0.463 e. The number of likely N-dealkylation sites (tertiary alicyclic amines) is 1. The lowest BCUT2D eigenvalue weighted by Crippen LogP contribution is -2.40. The highest BCUT2D eigenvalue weighted by Gasteiger charge is 2.42. The summed E-state index contributed by atoms with van der Waals surface area (Å²) in [7, 11) is 0. The smallest absolute Gasteiger partial charge is 0.347 e. The lowest BCUT2D eigenvalue weighted by atomic mass is 9.85. The number of esters is 1. The van der Waals surface area contributed by atoms with Gasteiger partial charge in [0, 0.05) is 24.8 Å². The molecule has 1 atom stereocenters. The highest BCUT2D eigenvalue weighted by atomic mass is 16.5. The van der Waals surface area contributed by atoms with Gasteiger partial charge in [-0.05, 0) is 60.2 Å². The fourth-order valence-electron chi connectivity index (χ4n) is 5.15. The zero-order valence-corrected chi connectivity index (χ0v) is 22.1. The molecule has 0 saturated carbocycles. The lowest BCUT2D eigenvalue weighted by molar-refractivity contribution is -0.164. The van der Waals surface area contributed by atoms with E-state index in [0.29, 0.717) is 24.3 Å². The molecule has 3 aromatic carbocycles. The molecule has 39 heavy (non-hydrogen) atoms. The maximum Gasteiger partial charge on any atom is 0.347 e. The Labute approximate surface area is 230 Å². The van der Waals surface area contributed by atoms with E-state index in [1.807, 2.05) is 48.5 Å². The lowest BCUT2D eigenvalue weighted by Gasteiger charge is -2.33. The molecular formula is C33H35N3O3. The van der Waals surface area contributed by atoms with Crippen LogP contribution in [0.15, 0.2) is 103 Å². The van der Waals surface area contributed by atoms with Crippen LogP contribution in [0.3, 0.4) is 0 Å². The third-order valence-electron chi connectivity index (χ3n) is 7.56. The van der Waals surface area contributed by atoms with Crippen LogP contribution in [0.1, 0.15) is 35.2 Å². The molecule has 0 radical (unpaired) electrons. The first-order valence-electron chi connectivity index (χ1n) is 13.5. The van der Waals surface area contributed by atoms with Crippen LogP contribution in [-0.2, 0) is 28.2 Å². The van der Waals surface area contributed by atoms with Gasteiger partial charge in [0.05, 0.1) is 12.3 Å². The molecule has 3 N–H and O–H groups in total. The summed E-state index contributed by atoms with van der Waals surface area (Å²) in [6.45, 7) is 3.54. The number of piperidine rings is 1. The molecule has 0 amide bonds. The Bertz CT molecular complexity index is 1340. The number of carbonyl (C=O) groups is 1. The summed E-state index contributed by atoms with van der Waals surface area (Å²) in [6.07, 6.45) is 3.69. The molecule has 1 aliphatic rings. The van der Waals surface area contributed by atoms with E-state index in [4.69, 9.17) is 10.5 Å². The zero-order valence-electron chi connectivity index (χ0n) is 22.1. The van der Waals surface area contributed by atoms with Gasteiger partial charge in [-0.15, -0.1) is 0 Å². The van der Waals surface area contributed by atoms with Crippen LogP contribution in [0.4, 0.5) is 0 Å². The van der Waals surface area contributed by atoms with Gasteiger partial charge in [-0.2, -0.15) is 0 Å². The number of ether oxygens (including phenoxy) is 1. The number of pyridine rings is 1. The number of rotatable bonds is 9. The summed E-state index contributed by atoms with van der Waals surface area (Å²) in [5.41, 5.74) is 8.69. The van der Waals surface area contributed by atoms with E-state index in [2.05, 4.69) is 34.1 Å². The SMILES string of the molecule is NCc1ccc(-c2ccc([C@](O)(C(=O)OCC3CCN(Cc4ccccc4)CC3)c3ccccc3)cc2)cn1. The Hall–Kier alpha value is -3.84. The first-order chi connectivity index (χ1) is 19.1. The minimum absolute atomic E-state index is 0.271. The summed E-state index contributed by atoms with van der Waals surface area (Å²) in [5, 5.41) is 11.9. The Morgan fingerprint density at radius 3 is 2.10 bits per heavy atom. The normalized spacial score (nSPS) is 15.9. The Kier molecular flexibility index (Phi) is 8.47. The Balaban J connectivity index is 1.26. The van der Waals surface area contributed by atoms with Gasteiger partial charge in [0.2, 0.25) is 5.60 Å². The summed E-state index contributed by atoms with van der Waals surface area (Å²) >= 11 is 0. The van der Waals surface area contributed by atoms with E-state index in [-0.39, 0.29) is 5.92 Å². The molecular weight excluding hydrogens is 486 g/mol. The van der Waals surface area contributed by atoms with E-state index >= 15 is 0 Å². The second-order valence-corrected chi connectivity index (χ2v) is 10.2. The van der Waals surface area contributed by atoms with Crippen molar-refractivity contribution in [2.24, 2.45) is 11.7 Å². The van der Waals surface area contributed by atoms with Crippen LogP contribution in [0.25, 0.3) is 11.1 Å². The summed E-state index contributed by atoms with van der Waals surface area (Å²) in [5.74, 6) is -0.380. The number of hydrogen-bond donors (Lipinski definition) is 2. The molecule has 0 unspecified atom stereocenters. The van der Waals surface area contributed by atoms with E-state index in [0.717, 1.165) is 49.3 Å². The molecule has 1 aliphatic heterocycles. The van der Waals surface area contributed by atoms with Gasteiger partial charge < -0.3 is 15.6 Å². The van der Waals surface area contributed by atoms with Crippen LogP contribution >= 0.6 is 0 Å². The topological polar surface area (TPSA) is 88.7 Å². The molecule has 0 spiro atoms. The quantitative estimate of drug-likeness (QED) is 0.305. The molecule has 6 nitrogen and oxygen atoms in total. The average molecular weight is 522 g/mol. The highest BCUT2D eigenvalue weighted by molar-refractivity contribution is 5.85. The minimum atomic E-state index is -1.91. The van der Waals surface area contributed by atoms with E-state index in [9.17, 15) is 9.90 Å². The first kappa shape index (κ1) is 26.8. The maximum atomic E-state index is 13.5. The second kappa shape index (κ2) is 12.3. The molecule has 4 aromatic rings. The van der Waals surface area contributed by atoms with Gasteiger partial charge in [-0.25, -0.2) is 4.79 Å². The molecule has 6 heteroatoms. The summed E-state index contributed by atoms with van der Waals surface area (Å²) in [4.78, 5) is 20.3. The van der Waals surface area contributed by atoms with Gasteiger partial charge in [0.1, 0.15) is 0 Å². The highest BCUT2D eigenvalue weighted by Crippen LogP contribution is 2.33. The number of carbonyl (C=O) groups excluding carboxylic acids is 1. The fraction of sp³-hybridized carbons (Fsp3) is 0.273. The number of aliphatic hydroxyl groups is 1. The van der Waals surface area contributed by atoms with Crippen molar-refractivity contribution in [1.82, 2.24) is 9.88 Å². The number of nitrogens with two attached hydrogens (primary N) is 1. The first-order valence-corrected chi connectivity index (χ1v) is 13.5. The summed E-state index contributed by atoms with van der Waals surface area (Å²) in [6, 6.07) is 30.7. The number of nitrogens with zero attached hydrogens (tertiary/aromatic N) is 2. The van der Waals surface area contributed by atoms with Crippen molar-refractivity contribution in [1.29, 1.82) is 0 Å². The van der Waals surface area contributed by atoms with Crippen molar-refractivity contribution in [3.63, 3.8) is 0 Å². The molecule has 1 aromatic heterocycles. The van der Waals surface area contributed by atoms with Crippen LogP contribution in [0, 0.1) is 5.92 Å². The van der Waals surface area contributed by atoms with E-state index in [1.54, 1.807) is 30.5 Å². The van der Waals surface area contributed by atoms with Gasteiger partial charge in [-0.1, -0.05) is 91.0 Å². The van der Waals surface area contributed by atoms with Crippen molar-refractivity contribution in [3.8, 4) is 11.1 Å². The monoisotopic (exact) mass is 521 g/mol. The Morgan fingerprint density at radius 2 is 1.49 bits per heavy atom.